The first-order chi connectivity index (χ1) is 8.58. The average Bonchev–Trinajstić information content (AvgIpc) is 2.38. The lowest BCUT2D eigenvalue weighted by molar-refractivity contribution is -0.138. The van der Waals surface area contributed by atoms with E-state index in [2.05, 4.69) is 21.9 Å². The Morgan fingerprint density at radius 3 is 3.06 bits per heavy atom. The number of aliphatic carboxylic acids is 1. The predicted molar refractivity (Wildman–Crippen MR) is 67.6 cm³/mol. The van der Waals surface area contributed by atoms with Crippen molar-refractivity contribution in [3.63, 3.8) is 0 Å². The van der Waals surface area contributed by atoms with Crippen LogP contribution < -0.4 is 0 Å². The van der Waals surface area contributed by atoms with Gasteiger partial charge in [-0.1, -0.05) is 0 Å². The van der Waals surface area contributed by atoms with E-state index in [9.17, 15) is 4.79 Å². The number of hydrogen-bond donors (Lipinski definition) is 1. The van der Waals surface area contributed by atoms with E-state index in [1.807, 2.05) is 6.07 Å². The molecule has 1 saturated heterocycles. The third-order valence-electron chi connectivity index (χ3n) is 3.50. The molecule has 0 radical (unpaired) electrons. The molecule has 2 heterocycles. The van der Waals surface area contributed by atoms with Crippen LogP contribution in [0, 0.1) is 0 Å². The molecule has 5 nitrogen and oxygen atoms in total. The molecule has 98 valence electrons. The molecule has 5 heteroatoms. The molecule has 2 rings (SSSR count). The van der Waals surface area contributed by atoms with Gasteiger partial charge >= 0.3 is 5.97 Å². The summed E-state index contributed by atoms with van der Waals surface area (Å²) in [5.41, 5.74) is 0.972. The number of aromatic nitrogens is 2. The van der Waals surface area contributed by atoms with Crippen LogP contribution in [0.15, 0.2) is 12.3 Å². The van der Waals surface area contributed by atoms with E-state index in [0.29, 0.717) is 11.7 Å². The fourth-order valence-corrected chi connectivity index (χ4v) is 2.34. The highest BCUT2D eigenvalue weighted by molar-refractivity contribution is 5.74. The molecule has 0 aliphatic carbocycles. The molecule has 0 saturated carbocycles. The van der Waals surface area contributed by atoms with Gasteiger partial charge in [-0.25, -0.2) is 9.97 Å². The summed E-state index contributed by atoms with van der Waals surface area (Å²) >= 11 is 0. The normalized spacial score (nSPS) is 22.7. The van der Waals surface area contributed by atoms with Gasteiger partial charge in [0.1, 0.15) is 11.7 Å². The largest absolute Gasteiger partial charge is 0.481 e. The van der Waals surface area contributed by atoms with Crippen molar-refractivity contribution in [2.45, 2.75) is 31.6 Å². The van der Waals surface area contributed by atoms with Crippen LogP contribution in [-0.2, 0) is 4.79 Å². The Balaban J connectivity index is 2.18. The number of nitrogens with zero attached hydrogens (tertiary/aromatic N) is 3. The zero-order valence-corrected chi connectivity index (χ0v) is 10.8. The average molecular weight is 249 g/mol. The molecule has 2 atom stereocenters. The van der Waals surface area contributed by atoms with Gasteiger partial charge in [-0.2, -0.15) is 0 Å². The van der Waals surface area contributed by atoms with Crippen LogP contribution in [0.1, 0.15) is 43.1 Å². The van der Waals surface area contributed by atoms with E-state index in [0.717, 1.165) is 31.6 Å². The van der Waals surface area contributed by atoms with Gasteiger partial charge in [-0.05, 0) is 39.4 Å². The number of carboxylic acid groups (broad SMARTS) is 1. The topological polar surface area (TPSA) is 66.3 Å². The third kappa shape index (κ3) is 2.85. The fourth-order valence-electron chi connectivity index (χ4n) is 2.34. The maximum atomic E-state index is 11.0. The Morgan fingerprint density at radius 1 is 1.61 bits per heavy atom. The summed E-state index contributed by atoms with van der Waals surface area (Å²) in [5.74, 6) is -0.723. The zero-order chi connectivity index (χ0) is 13.1. The van der Waals surface area contributed by atoms with E-state index in [4.69, 9.17) is 5.11 Å². The number of likely N-dealkylation sites (N-methyl/N-ethyl adjacent to an activating group) is 1. The van der Waals surface area contributed by atoms with Crippen LogP contribution in [0.2, 0.25) is 0 Å². The summed E-state index contributed by atoms with van der Waals surface area (Å²) in [6, 6.07) is 1.90. The van der Waals surface area contributed by atoms with Gasteiger partial charge < -0.3 is 10.0 Å². The summed E-state index contributed by atoms with van der Waals surface area (Å²) in [6.45, 7) is 3.73. The molecule has 1 aliphatic heterocycles. The second kappa shape index (κ2) is 5.44. The maximum absolute atomic E-state index is 11.0. The van der Waals surface area contributed by atoms with Gasteiger partial charge in [0.15, 0.2) is 0 Å². The third-order valence-corrected chi connectivity index (χ3v) is 3.50. The van der Waals surface area contributed by atoms with Crippen molar-refractivity contribution in [3.05, 3.63) is 23.8 Å². The molecular formula is C13H19N3O2. The lowest BCUT2D eigenvalue weighted by Gasteiger charge is -2.29. The first-order valence-corrected chi connectivity index (χ1v) is 6.32. The minimum absolute atomic E-state index is 0.395. The van der Waals surface area contributed by atoms with Crippen molar-refractivity contribution in [1.82, 2.24) is 14.9 Å². The van der Waals surface area contributed by atoms with E-state index < -0.39 is 11.9 Å². The van der Waals surface area contributed by atoms with Crippen LogP contribution in [-0.4, -0.2) is 46.1 Å². The highest BCUT2D eigenvalue weighted by Crippen LogP contribution is 2.25. The second-order valence-electron chi connectivity index (χ2n) is 5.00. The number of carboxylic acids is 1. The molecule has 18 heavy (non-hydrogen) atoms. The van der Waals surface area contributed by atoms with E-state index >= 15 is 0 Å². The Labute approximate surface area is 107 Å². The number of piperidine rings is 1. The molecule has 0 bridgehead atoms. The minimum atomic E-state index is -0.882. The molecule has 0 spiro atoms. The quantitative estimate of drug-likeness (QED) is 0.878. The van der Waals surface area contributed by atoms with Crippen LogP contribution in [0.3, 0.4) is 0 Å². The highest BCUT2D eigenvalue weighted by Gasteiger charge is 2.22. The van der Waals surface area contributed by atoms with Crippen molar-refractivity contribution >= 4 is 5.97 Å². The molecule has 1 aliphatic rings. The van der Waals surface area contributed by atoms with Crippen LogP contribution >= 0.6 is 0 Å². The summed E-state index contributed by atoms with van der Waals surface area (Å²) in [5, 5.41) is 8.99. The smallest absolute Gasteiger partial charge is 0.313 e. The standard InChI is InChI=1S/C13H19N3O2/c1-9(13(17)18)12-14-6-5-11(15-12)10-4-3-7-16(2)8-10/h5-6,9-10H,3-4,7-8H2,1-2H3,(H,17,18). The van der Waals surface area contributed by atoms with Crippen LogP contribution in [0.4, 0.5) is 0 Å². The van der Waals surface area contributed by atoms with Gasteiger partial charge in [0.2, 0.25) is 0 Å². The predicted octanol–water partition coefficient (Wildman–Crippen LogP) is 1.47. The first-order valence-electron chi connectivity index (χ1n) is 6.32. The Hall–Kier alpha value is -1.49. The minimum Gasteiger partial charge on any atom is -0.481 e. The Bertz CT molecular complexity index is 436. The van der Waals surface area contributed by atoms with Gasteiger partial charge in [0.25, 0.3) is 0 Å². The molecule has 1 fully saturated rings. The molecule has 0 amide bonds. The van der Waals surface area contributed by atoms with Crippen molar-refractivity contribution < 1.29 is 9.90 Å². The summed E-state index contributed by atoms with van der Waals surface area (Å²) in [6.07, 6.45) is 3.95. The molecule has 1 aromatic heterocycles. The first kappa shape index (κ1) is 13.0. The van der Waals surface area contributed by atoms with Crippen molar-refractivity contribution in [2.24, 2.45) is 0 Å². The van der Waals surface area contributed by atoms with Crippen molar-refractivity contribution in [3.8, 4) is 0 Å². The molecule has 2 unspecified atom stereocenters. The summed E-state index contributed by atoms with van der Waals surface area (Å²) < 4.78 is 0. The maximum Gasteiger partial charge on any atom is 0.313 e. The zero-order valence-electron chi connectivity index (χ0n) is 10.8. The Morgan fingerprint density at radius 2 is 2.39 bits per heavy atom. The monoisotopic (exact) mass is 249 g/mol. The SMILES string of the molecule is CC(C(=O)O)c1nccc(C2CCCN(C)C2)n1. The van der Waals surface area contributed by atoms with Gasteiger partial charge in [-0.15, -0.1) is 0 Å². The number of carbonyl (C=O) groups is 1. The summed E-state index contributed by atoms with van der Waals surface area (Å²) in [7, 11) is 2.11. The van der Waals surface area contributed by atoms with E-state index in [1.165, 1.54) is 0 Å². The number of rotatable bonds is 3. The van der Waals surface area contributed by atoms with E-state index in [-0.39, 0.29) is 0 Å². The highest BCUT2D eigenvalue weighted by atomic mass is 16.4. The van der Waals surface area contributed by atoms with Crippen LogP contribution in [0.5, 0.6) is 0 Å². The molecule has 1 aromatic rings. The van der Waals surface area contributed by atoms with Gasteiger partial charge in [-0.3, -0.25) is 4.79 Å². The van der Waals surface area contributed by atoms with Crippen LogP contribution in [0.25, 0.3) is 0 Å². The molecule has 1 N–H and O–H groups in total. The molecule has 0 aromatic carbocycles. The van der Waals surface area contributed by atoms with Gasteiger partial charge in [0.05, 0.1) is 0 Å². The fraction of sp³-hybridized carbons (Fsp3) is 0.615. The van der Waals surface area contributed by atoms with Crippen molar-refractivity contribution in [2.75, 3.05) is 20.1 Å². The molecular weight excluding hydrogens is 230 g/mol. The number of likely N-dealkylation sites (tertiary alicyclic amines) is 1. The lowest BCUT2D eigenvalue weighted by Crippen LogP contribution is -2.31. The second-order valence-corrected chi connectivity index (χ2v) is 5.00. The lowest BCUT2D eigenvalue weighted by atomic mass is 9.95. The van der Waals surface area contributed by atoms with Crippen molar-refractivity contribution in [1.29, 1.82) is 0 Å². The Kier molecular flexibility index (Phi) is 3.91. The number of hydrogen-bond acceptors (Lipinski definition) is 4. The van der Waals surface area contributed by atoms with Gasteiger partial charge in [0, 0.05) is 24.4 Å². The summed E-state index contributed by atoms with van der Waals surface area (Å²) in [4.78, 5) is 21.7. The van der Waals surface area contributed by atoms with E-state index in [1.54, 1.807) is 13.1 Å².